The maximum atomic E-state index is 11.7. The van der Waals surface area contributed by atoms with Gasteiger partial charge in [-0.25, -0.2) is 4.98 Å². The highest BCUT2D eigenvalue weighted by molar-refractivity contribution is 7.98. The predicted octanol–water partition coefficient (Wildman–Crippen LogP) is 1.88. The van der Waals surface area contributed by atoms with Crippen LogP contribution in [0.3, 0.4) is 0 Å². The highest BCUT2D eigenvalue weighted by Gasteiger charge is 2.13. The third-order valence-electron chi connectivity index (χ3n) is 2.39. The van der Waals surface area contributed by atoms with Gasteiger partial charge in [0.05, 0.1) is 23.3 Å². The van der Waals surface area contributed by atoms with E-state index >= 15 is 0 Å². The molecule has 0 aliphatic rings. The fraction of sp³-hybridized carbons (Fsp3) is 0.636. The molecule has 0 bridgehead atoms. The average Bonchev–Trinajstić information content (AvgIpc) is 2.61. The summed E-state index contributed by atoms with van der Waals surface area (Å²) in [7, 11) is 0. The molecule has 1 aromatic heterocycles. The maximum Gasteiger partial charge on any atom is 0.237 e. The van der Waals surface area contributed by atoms with Gasteiger partial charge in [-0.05, 0) is 32.3 Å². The number of carbonyl (C=O) groups excluding carboxylic acids is 1. The molecule has 1 amide bonds. The van der Waals surface area contributed by atoms with Crippen molar-refractivity contribution in [2.24, 2.45) is 5.73 Å². The number of rotatable bonds is 6. The van der Waals surface area contributed by atoms with Crippen LogP contribution in [0.25, 0.3) is 0 Å². The Morgan fingerprint density at radius 3 is 2.72 bits per heavy atom. The van der Waals surface area contributed by atoms with Gasteiger partial charge in [0.2, 0.25) is 5.91 Å². The summed E-state index contributed by atoms with van der Waals surface area (Å²) >= 11 is 3.31. The van der Waals surface area contributed by atoms with Crippen molar-refractivity contribution in [1.29, 1.82) is 0 Å². The molecular formula is C11H20ClN3OS2. The van der Waals surface area contributed by atoms with Gasteiger partial charge in [-0.15, -0.1) is 23.7 Å². The van der Waals surface area contributed by atoms with Gasteiger partial charge in [-0.2, -0.15) is 11.8 Å². The first kappa shape index (κ1) is 17.7. The Kier molecular flexibility index (Phi) is 8.60. The van der Waals surface area contributed by atoms with Crippen LogP contribution >= 0.6 is 35.5 Å². The summed E-state index contributed by atoms with van der Waals surface area (Å²) in [4.78, 5) is 17.1. The number of aromatic nitrogens is 1. The average molecular weight is 310 g/mol. The number of thioether (sulfide) groups is 1. The van der Waals surface area contributed by atoms with Crippen molar-refractivity contribution in [3.8, 4) is 0 Å². The number of nitrogens with zero attached hydrogens (tertiary/aromatic N) is 1. The molecular weight excluding hydrogens is 290 g/mol. The van der Waals surface area contributed by atoms with Crippen LogP contribution in [0, 0.1) is 13.8 Å². The van der Waals surface area contributed by atoms with Crippen LogP contribution in [0.2, 0.25) is 0 Å². The number of halogens is 1. The van der Waals surface area contributed by atoms with Crippen molar-refractivity contribution < 1.29 is 4.79 Å². The number of hydrogen-bond acceptors (Lipinski definition) is 5. The number of aryl methyl sites for hydroxylation is 2. The van der Waals surface area contributed by atoms with Gasteiger partial charge < -0.3 is 11.1 Å². The summed E-state index contributed by atoms with van der Waals surface area (Å²) in [6.07, 6.45) is 2.72. The number of carbonyl (C=O) groups is 1. The second-order valence-electron chi connectivity index (χ2n) is 3.85. The topological polar surface area (TPSA) is 68.0 Å². The summed E-state index contributed by atoms with van der Waals surface area (Å²) in [5.41, 5.74) is 6.76. The van der Waals surface area contributed by atoms with Crippen LogP contribution in [-0.2, 0) is 11.3 Å². The van der Waals surface area contributed by atoms with Gasteiger partial charge in [0.15, 0.2) is 0 Å². The van der Waals surface area contributed by atoms with Gasteiger partial charge >= 0.3 is 0 Å². The molecule has 0 saturated carbocycles. The Labute approximate surface area is 123 Å². The molecule has 0 unspecified atom stereocenters. The monoisotopic (exact) mass is 309 g/mol. The zero-order valence-corrected chi connectivity index (χ0v) is 13.3. The minimum atomic E-state index is -0.406. The molecule has 7 heteroatoms. The first-order valence-corrected chi connectivity index (χ1v) is 7.70. The summed E-state index contributed by atoms with van der Waals surface area (Å²) in [6, 6.07) is -0.406. The van der Waals surface area contributed by atoms with Crippen molar-refractivity contribution in [3.63, 3.8) is 0 Å². The molecule has 0 aromatic carbocycles. The van der Waals surface area contributed by atoms with Crippen molar-refractivity contribution in [3.05, 3.63) is 15.6 Å². The van der Waals surface area contributed by atoms with Crippen LogP contribution < -0.4 is 11.1 Å². The van der Waals surface area contributed by atoms with Crippen molar-refractivity contribution in [2.45, 2.75) is 32.9 Å². The SMILES string of the molecule is CSCC[C@H](N)C(=O)NCc1sc(C)nc1C.Cl. The minimum Gasteiger partial charge on any atom is -0.350 e. The lowest BCUT2D eigenvalue weighted by Crippen LogP contribution is -2.40. The quantitative estimate of drug-likeness (QED) is 0.842. The number of thiazole rings is 1. The van der Waals surface area contributed by atoms with Crippen molar-refractivity contribution in [2.75, 3.05) is 12.0 Å². The molecule has 1 rings (SSSR count). The fourth-order valence-electron chi connectivity index (χ4n) is 1.41. The molecule has 3 N–H and O–H groups in total. The van der Waals surface area contributed by atoms with Crippen molar-refractivity contribution in [1.82, 2.24) is 10.3 Å². The molecule has 4 nitrogen and oxygen atoms in total. The van der Waals surface area contributed by atoms with E-state index in [-0.39, 0.29) is 18.3 Å². The summed E-state index contributed by atoms with van der Waals surface area (Å²) < 4.78 is 0. The molecule has 0 aliphatic carbocycles. The van der Waals surface area contributed by atoms with E-state index < -0.39 is 6.04 Å². The van der Waals surface area contributed by atoms with Gasteiger partial charge in [-0.3, -0.25) is 4.79 Å². The molecule has 0 aliphatic heterocycles. The minimum absolute atomic E-state index is 0. The molecule has 1 heterocycles. The van der Waals surface area contributed by atoms with E-state index in [2.05, 4.69) is 10.3 Å². The van der Waals surface area contributed by atoms with Crippen LogP contribution in [0.1, 0.15) is 22.0 Å². The highest BCUT2D eigenvalue weighted by atomic mass is 35.5. The van der Waals surface area contributed by atoms with Crippen LogP contribution in [0.5, 0.6) is 0 Å². The standard InChI is InChI=1S/C11H19N3OS2.ClH/c1-7-10(17-8(2)14-7)6-13-11(15)9(12)4-5-16-3;/h9H,4-6,12H2,1-3H3,(H,13,15);1H/t9-;/m0./s1. The summed E-state index contributed by atoms with van der Waals surface area (Å²) in [5.74, 6) is 0.831. The van der Waals surface area contributed by atoms with Crippen LogP contribution in [0.15, 0.2) is 0 Å². The summed E-state index contributed by atoms with van der Waals surface area (Å²) in [5, 5.41) is 3.89. The van der Waals surface area contributed by atoms with Gasteiger partial charge in [0.1, 0.15) is 0 Å². The molecule has 0 saturated heterocycles. The lowest BCUT2D eigenvalue weighted by Gasteiger charge is -2.10. The lowest BCUT2D eigenvalue weighted by atomic mass is 10.2. The lowest BCUT2D eigenvalue weighted by molar-refractivity contribution is -0.122. The number of nitrogens with one attached hydrogen (secondary N) is 1. The van der Waals surface area contributed by atoms with E-state index in [1.54, 1.807) is 23.1 Å². The Hall–Kier alpha value is -0.300. The van der Waals surface area contributed by atoms with E-state index in [0.29, 0.717) is 13.0 Å². The summed E-state index contributed by atoms with van der Waals surface area (Å²) in [6.45, 7) is 4.45. The van der Waals surface area contributed by atoms with E-state index in [1.165, 1.54) is 0 Å². The molecule has 0 fully saturated rings. The Morgan fingerprint density at radius 2 is 2.22 bits per heavy atom. The molecule has 104 valence electrons. The van der Waals surface area contributed by atoms with Gasteiger partial charge in [0, 0.05) is 4.88 Å². The number of amides is 1. The van der Waals surface area contributed by atoms with Gasteiger partial charge in [-0.1, -0.05) is 0 Å². The fourth-order valence-corrected chi connectivity index (χ4v) is 2.78. The number of nitrogens with two attached hydrogens (primary N) is 1. The second kappa shape index (κ2) is 8.74. The van der Waals surface area contributed by atoms with Crippen molar-refractivity contribution >= 4 is 41.4 Å². The zero-order chi connectivity index (χ0) is 12.8. The highest BCUT2D eigenvalue weighted by Crippen LogP contribution is 2.16. The molecule has 18 heavy (non-hydrogen) atoms. The molecule has 0 radical (unpaired) electrons. The molecule has 0 spiro atoms. The Balaban J connectivity index is 0.00000289. The van der Waals surface area contributed by atoms with Crippen LogP contribution in [-0.4, -0.2) is 28.9 Å². The maximum absolute atomic E-state index is 11.7. The van der Waals surface area contributed by atoms with Gasteiger partial charge in [0.25, 0.3) is 0 Å². The molecule has 1 atom stereocenters. The largest absolute Gasteiger partial charge is 0.350 e. The third kappa shape index (κ3) is 5.56. The second-order valence-corrected chi connectivity index (χ2v) is 6.12. The first-order chi connectivity index (χ1) is 8.04. The third-order valence-corrected chi connectivity index (χ3v) is 4.11. The Bertz CT molecular complexity index is 384. The van der Waals surface area contributed by atoms with E-state index in [9.17, 15) is 4.79 Å². The Morgan fingerprint density at radius 1 is 1.56 bits per heavy atom. The van der Waals surface area contributed by atoms with E-state index in [1.807, 2.05) is 20.1 Å². The number of hydrogen-bond donors (Lipinski definition) is 2. The first-order valence-electron chi connectivity index (χ1n) is 5.49. The van der Waals surface area contributed by atoms with E-state index in [4.69, 9.17) is 5.73 Å². The normalized spacial score (nSPS) is 11.8. The van der Waals surface area contributed by atoms with E-state index in [0.717, 1.165) is 21.3 Å². The van der Waals surface area contributed by atoms with Crippen LogP contribution in [0.4, 0.5) is 0 Å². The zero-order valence-electron chi connectivity index (χ0n) is 10.9. The predicted molar refractivity (Wildman–Crippen MR) is 81.7 cm³/mol. The smallest absolute Gasteiger partial charge is 0.237 e. The molecule has 1 aromatic rings.